The zero-order valence-corrected chi connectivity index (χ0v) is 14.1. The molecular formula is C18H29N3O2. The molecule has 0 saturated carbocycles. The van der Waals surface area contributed by atoms with Gasteiger partial charge in [0.2, 0.25) is 0 Å². The van der Waals surface area contributed by atoms with E-state index in [4.69, 9.17) is 5.11 Å². The quantitative estimate of drug-likeness (QED) is 0.690. The van der Waals surface area contributed by atoms with Crippen LogP contribution in [0.25, 0.3) is 0 Å². The summed E-state index contributed by atoms with van der Waals surface area (Å²) in [7, 11) is 0. The zero-order chi connectivity index (χ0) is 16.5. The lowest BCUT2D eigenvalue weighted by atomic mass is 10.1. The van der Waals surface area contributed by atoms with Crippen LogP contribution < -0.4 is 10.6 Å². The second-order valence-corrected chi connectivity index (χ2v) is 6.22. The molecule has 3 N–H and O–H groups in total. The number of carbonyl (C=O) groups excluding carboxylic acids is 1. The molecule has 0 aliphatic carbocycles. The first kappa shape index (κ1) is 17.8. The van der Waals surface area contributed by atoms with Gasteiger partial charge in [0.1, 0.15) is 0 Å². The van der Waals surface area contributed by atoms with Crippen LogP contribution in [0.1, 0.15) is 38.2 Å². The van der Waals surface area contributed by atoms with Gasteiger partial charge < -0.3 is 20.6 Å². The molecule has 5 nitrogen and oxygen atoms in total. The van der Waals surface area contributed by atoms with E-state index in [-0.39, 0.29) is 18.7 Å². The van der Waals surface area contributed by atoms with Crippen LogP contribution in [0.15, 0.2) is 24.3 Å². The summed E-state index contributed by atoms with van der Waals surface area (Å²) >= 11 is 0. The third-order valence-electron chi connectivity index (χ3n) is 4.41. The first-order valence-corrected chi connectivity index (χ1v) is 8.71. The number of hydrogen-bond donors (Lipinski definition) is 3. The van der Waals surface area contributed by atoms with Gasteiger partial charge in [0.05, 0.1) is 0 Å². The van der Waals surface area contributed by atoms with Crippen molar-refractivity contribution < 1.29 is 9.90 Å². The number of urea groups is 1. The zero-order valence-electron chi connectivity index (χ0n) is 14.1. The lowest BCUT2D eigenvalue weighted by Crippen LogP contribution is -2.38. The fourth-order valence-electron chi connectivity index (χ4n) is 2.98. The molecule has 1 fully saturated rings. The molecule has 1 heterocycles. The summed E-state index contributed by atoms with van der Waals surface area (Å²) in [5.41, 5.74) is 2.07. The molecule has 0 aromatic heterocycles. The van der Waals surface area contributed by atoms with E-state index in [1.54, 1.807) is 0 Å². The number of aliphatic hydroxyl groups excluding tert-OH is 1. The Morgan fingerprint density at radius 1 is 1.35 bits per heavy atom. The van der Waals surface area contributed by atoms with Gasteiger partial charge in [-0.2, -0.15) is 0 Å². The van der Waals surface area contributed by atoms with Gasteiger partial charge in [0.15, 0.2) is 0 Å². The second-order valence-electron chi connectivity index (χ2n) is 6.22. The fourth-order valence-corrected chi connectivity index (χ4v) is 2.98. The lowest BCUT2D eigenvalue weighted by molar-refractivity contribution is 0.237. The molecule has 1 aliphatic rings. The van der Waals surface area contributed by atoms with Gasteiger partial charge in [-0.3, -0.25) is 0 Å². The topological polar surface area (TPSA) is 64.6 Å². The number of rotatable bonds is 8. The Hall–Kier alpha value is -1.59. The smallest absolute Gasteiger partial charge is 0.319 e. The molecule has 1 saturated heterocycles. The van der Waals surface area contributed by atoms with Crippen LogP contribution in [-0.4, -0.2) is 48.3 Å². The average molecular weight is 319 g/mol. The van der Waals surface area contributed by atoms with Crippen molar-refractivity contribution in [3.8, 4) is 0 Å². The fraction of sp³-hybridized carbons (Fsp3) is 0.611. The Morgan fingerprint density at radius 2 is 2.13 bits per heavy atom. The summed E-state index contributed by atoms with van der Waals surface area (Å²) in [5, 5.41) is 14.8. The Morgan fingerprint density at radius 3 is 2.83 bits per heavy atom. The molecule has 1 aliphatic heterocycles. The number of anilines is 1. The monoisotopic (exact) mass is 319 g/mol. The molecule has 2 amide bonds. The van der Waals surface area contributed by atoms with E-state index in [0.717, 1.165) is 25.1 Å². The van der Waals surface area contributed by atoms with Crippen LogP contribution in [0.3, 0.4) is 0 Å². The summed E-state index contributed by atoms with van der Waals surface area (Å²) in [6.07, 6.45) is 5.03. The van der Waals surface area contributed by atoms with E-state index < -0.39 is 0 Å². The van der Waals surface area contributed by atoms with Gasteiger partial charge in [-0.05, 0) is 62.9 Å². The Balaban J connectivity index is 1.82. The molecule has 0 radical (unpaired) electrons. The first-order valence-electron chi connectivity index (χ1n) is 8.71. The Labute approximate surface area is 139 Å². The number of likely N-dealkylation sites (tertiary alicyclic amines) is 1. The number of nitrogens with zero attached hydrogens (tertiary/aromatic N) is 1. The third kappa shape index (κ3) is 6.20. The molecule has 1 aromatic rings. The first-order chi connectivity index (χ1) is 11.2. The van der Waals surface area contributed by atoms with Crippen LogP contribution in [0.5, 0.6) is 0 Å². The minimum atomic E-state index is -0.206. The molecule has 1 unspecified atom stereocenters. The summed E-state index contributed by atoms with van der Waals surface area (Å²) < 4.78 is 0. The molecule has 1 aromatic carbocycles. The normalized spacial score (nSPS) is 16.3. The number of aliphatic hydroxyl groups is 1. The van der Waals surface area contributed by atoms with Gasteiger partial charge in [-0.1, -0.05) is 19.1 Å². The second kappa shape index (κ2) is 9.53. The van der Waals surface area contributed by atoms with E-state index in [1.165, 1.54) is 31.5 Å². The van der Waals surface area contributed by atoms with Crippen molar-refractivity contribution in [3.05, 3.63) is 29.8 Å². The molecule has 23 heavy (non-hydrogen) atoms. The van der Waals surface area contributed by atoms with E-state index in [1.807, 2.05) is 25.1 Å². The summed E-state index contributed by atoms with van der Waals surface area (Å²) in [5.74, 6) is 0. The largest absolute Gasteiger partial charge is 0.396 e. The average Bonchev–Trinajstić information content (AvgIpc) is 3.06. The summed E-state index contributed by atoms with van der Waals surface area (Å²) in [4.78, 5) is 14.5. The maximum atomic E-state index is 12.0. The van der Waals surface area contributed by atoms with Gasteiger partial charge in [-0.15, -0.1) is 0 Å². The van der Waals surface area contributed by atoms with Crippen molar-refractivity contribution in [2.75, 3.05) is 31.6 Å². The minimum absolute atomic E-state index is 0.0124. The third-order valence-corrected chi connectivity index (χ3v) is 4.41. The minimum Gasteiger partial charge on any atom is -0.396 e. The van der Waals surface area contributed by atoms with Crippen LogP contribution >= 0.6 is 0 Å². The van der Waals surface area contributed by atoms with E-state index in [9.17, 15) is 4.79 Å². The van der Waals surface area contributed by atoms with Crippen LogP contribution in [0.2, 0.25) is 0 Å². The SMILES string of the molecule is CCC(CCO)NC(=O)Nc1cccc(CCN2CCCC2)c1. The number of benzene rings is 1. The number of carbonyl (C=O) groups is 1. The predicted molar refractivity (Wildman–Crippen MR) is 93.8 cm³/mol. The van der Waals surface area contributed by atoms with Gasteiger partial charge in [0.25, 0.3) is 0 Å². The van der Waals surface area contributed by atoms with Gasteiger partial charge in [-0.25, -0.2) is 4.79 Å². The van der Waals surface area contributed by atoms with Gasteiger partial charge >= 0.3 is 6.03 Å². The van der Waals surface area contributed by atoms with Crippen molar-refractivity contribution in [2.45, 2.75) is 45.1 Å². The molecule has 128 valence electrons. The summed E-state index contributed by atoms with van der Waals surface area (Å²) in [6, 6.07) is 7.86. The van der Waals surface area contributed by atoms with E-state index in [0.29, 0.717) is 6.42 Å². The van der Waals surface area contributed by atoms with Crippen molar-refractivity contribution >= 4 is 11.7 Å². The highest BCUT2D eigenvalue weighted by Crippen LogP contribution is 2.13. The Bertz CT molecular complexity index is 487. The number of amides is 2. The predicted octanol–water partition coefficient (Wildman–Crippen LogP) is 2.61. The van der Waals surface area contributed by atoms with Crippen LogP contribution in [0.4, 0.5) is 10.5 Å². The Kier molecular flexibility index (Phi) is 7.36. The molecule has 5 heteroatoms. The van der Waals surface area contributed by atoms with Crippen LogP contribution in [-0.2, 0) is 6.42 Å². The van der Waals surface area contributed by atoms with Crippen molar-refractivity contribution in [3.63, 3.8) is 0 Å². The molecule has 0 spiro atoms. The van der Waals surface area contributed by atoms with Gasteiger partial charge in [0, 0.05) is 24.9 Å². The molecule has 2 rings (SSSR count). The number of nitrogens with one attached hydrogen (secondary N) is 2. The maximum Gasteiger partial charge on any atom is 0.319 e. The van der Waals surface area contributed by atoms with Crippen molar-refractivity contribution in [2.24, 2.45) is 0 Å². The molecular weight excluding hydrogens is 290 g/mol. The molecule has 1 atom stereocenters. The highest BCUT2D eigenvalue weighted by molar-refractivity contribution is 5.89. The molecule has 0 bridgehead atoms. The van der Waals surface area contributed by atoms with Crippen molar-refractivity contribution in [1.82, 2.24) is 10.2 Å². The van der Waals surface area contributed by atoms with Crippen molar-refractivity contribution in [1.29, 1.82) is 0 Å². The highest BCUT2D eigenvalue weighted by Gasteiger charge is 2.12. The standard InChI is InChI=1S/C18H29N3O2/c1-2-16(9-13-22)19-18(23)20-17-7-5-6-15(14-17)8-12-21-10-3-4-11-21/h5-7,14,16,22H,2-4,8-13H2,1H3,(H2,19,20,23). The maximum absolute atomic E-state index is 12.0. The highest BCUT2D eigenvalue weighted by atomic mass is 16.3. The lowest BCUT2D eigenvalue weighted by Gasteiger charge is -2.17. The van der Waals surface area contributed by atoms with E-state index in [2.05, 4.69) is 21.6 Å². The van der Waals surface area contributed by atoms with E-state index >= 15 is 0 Å². The number of hydrogen-bond acceptors (Lipinski definition) is 3. The van der Waals surface area contributed by atoms with Crippen LogP contribution in [0, 0.1) is 0 Å². The summed E-state index contributed by atoms with van der Waals surface area (Å²) in [6.45, 7) is 5.60.